The van der Waals surface area contributed by atoms with Gasteiger partial charge in [-0.2, -0.15) is 4.98 Å². The van der Waals surface area contributed by atoms with E-state index in [2.05, 4.69) is 33.8 Å². The third kappa shape index (κ3) is 3.99. The van der Waals surface area contributed by atoms with E-state index in [1.807, 2.05) is 19.1 Å². The Balaban J connectivity index is 1.71. The summed E-state index contributed by atoms with van der Waals surface area (Å²) in [6, 6.07) is 3.90. The molecule has 26 heavy (non-hydrogen) atoms. The first kappa shape index (κ1) is 17.8. The molecule has 0 aliphatic carbocycles. The van der Waals surface area contributed by atoms with Crippen LogP contribution in [0.5, 0.6) is 11.6 Å². The summed E-state index contributed by atoms with van der Waals surface area (Å²) < 4.78 is 16.5. The molecule has 0 saturated heterocycles. The maximum atomic E-state index is 6.00. The van der Waals surface area contributed by atoms with Gasteiger partial charge in [0, 0.05) is 17.8 Å². The molecule has 0 unspecified atom stereocenters. The third-order valence-corrected chi connectivity index (χ3v) is 4.37. The van der Waals surface area contributed by atoms with Crippen LogP contribution >= 0.6 is 0 Å². The van der Waals surface area contributed by atoms with Crippen LogP contribution in [0.25, 0.3) is 11.3 Å². The number of pyridine rings is 1. The van der Waals surface area contributed by atoms with Gasteiger partial charge in [-0.15, -0.1) is 0 Å². The van der Waals surface area contributed by atoms with Crippen LogP contribution in [0.2, 0.25) is 0 Å². The van der Waals surface area contributed by atoms with Crippen molar-refractivity contribution in [3.63, 3.8) is 0 Å². The molecule has 0 spiro atoms. The average Bonchev–Trinajstić information content (AvgIpc) is 3.20. The van der Waals surface area contributed by atoms with Gasteiger partial charge in [0.05, 0.1) is 31.7 Å². The molecule has 0 saturated carbocycles. The molecule has 0 aliphatic rings. The molecule has 3 aromatic heterocycles. The van der Waals surface area contributed by atoms with Crippen molar-refractivity contribution in [2.45, 2.75) is 26.7 Å². The van der Waals surface area contributed by atoms with E-state index < -0.39 is 0 Å². The highest BCUT2D eigenvalue weighted by molar-refractivity contribution is 5.61. The summed E-state index contributed by atoms with van der Waals surface area (Å²) in [6.45, 7) is 6.57. The zero-order chi connectivity index (χ0) is 18.5. The molecule has 2 atom stereocenters. The fourth-order valence-corrected chi connectivity index (χ4v) is 2.51. The van der Waals surface area contributed by atoms with Crippen molar-refractivity contribution in [3.05, 3.63) is 48.6 Å². The topological polar surface area (TPSA) is 83.2 Å². The fourth-order valence-electron chi connectivity index (χ4n) is 2.51. The molecule has 0 aliphatic heterocycles. The Hall–Kier alpha value is -2.96. The largest absolute Gasteiger partial charge is 0.495 e. The standard InChI is InChI=1S/C19H22N4O3/c1-12(13(2)17-6-5-15(24-4)7-22-17)10-25-19-16(8-21-14(3)23-19)18-9-20-11-26-18/h5-9,11-13H,10H2,1-4H3/t12-,13+/m1/s1. The molecule has 0 fully saturated rings. The first-order valence-corrected chi connectivity index (χ1v) is 8.43. The zero-order valence-electron chi connectivity index (χ0n) is 15.3. The van der Waals surface area contributed by atoms with Gasteiger partial charge >= 0.3 is 0 Å². The SMILES string of the molecule is COc1ccc([C@@H](C)[C@H](C)COc2nc(C)ncc2-c2cnco2)nc1. The summed E-state index contributed by atoms with van der Waals surface area (Å²) in [4.78, 5) is 17.0. The second kappa shape index (κ2) is 7.95. The lowest BCUT2D eigenvalue weighted by Crippen LogP contribution is -2.17. The van der Waals surface area contributed by atoms with Crippen molar-refractivity contribution in [1.82, 2.24) is 19.9 Å². The van der Waals surface area contributed by atoms with Crippen LogP contribution in [-0.2, 0) is 0 Å². The van der Waals surface area contributed by atoms with Gasteiger partial charge in [0.15, 0.2) is 12.2 Å². The molecule has 0 radical (unpaired) electrons. The molecule has 3 heterocycles. The van der Waals surface area contributed by atoms with Gasteiger partial charge in [-0.1, -0.05) is 13.8 Å². The van der Waals surface area contributed by atoms with Crippen molar-refractivity contribution in [2.75, 3.05) is 13.7 Å². The molecule has 0 N–H and O–H groups in total. The third-order valence-electron chi connectivity index (χ3n) is 4.37. The predicted molar refractivity (Wildman–Crippen MR) is 96.1 cm³/mol. The van der Waals surface area contributed by atoms with Crippen LogP contribution in [-0.4, -0.2) is 33.7 Å². The molecular weight excluding hydrogens is 332 g/mol. The quantitative estimate of drug-likeness (QED) is 0.640. The van der Waals surface area contributed by atoms with Crippen LogP contribution in [0.15, 0.2) is 41.5 Å². The Morgan fingerprint density at radius 2 is 1.96 bits per heavy atom. The van der Waals surface area contributed by atoms with Gasteiger partial charge in [-0.05, 0) is 25.0 Å². The monoisotopic (exact) mass is 354 g/mol. The molecule has 136 valence electrons. The van der Waals surface area contributed by atoms with Crippen molar-refractivity contribution in [3.8, 4) is 23.0 Å². The Bertz CT molecular complexity index is 835. The minimum absolute atomic E-state index is 0.220. The number of rotatable bonds is 7. The van der Waals surface area contributed by atoms with E-state index in [1.165, 1.54) is 6.39 Å². The highest BCUT2D eigenvalue weighted by atomic mass is 16.5. The summed E-state index contributed by atoms with van der Waals surface area (Å²) in [5, 5.41) is 0. The van der Waals surface area contributed by atoms with E-state index in [4.69, 9.17) is 13.9 Å². The molecule has 7 nitrogen and oxygen atoms in total. The van der Waals surface area contributed by atoms with Crippen LogP contribution in [0.1, 0.15) is 31.3 Å². The molecule has 3 aromatic rings. The molecule has 3 rings (SSSR count). The predicted octanol–water partition coefficient (Wildman–Crippen LogP) is 3.66. The van der Waals surface area contributed by atoms with E-state index in [9.17, 15) is 0 Å². The van der Waals surface area contributed by atoms with E-state index in [1.54, 1.807) is 25.7 Å². The summed E-state index contributed by atoms with van der Waals surface area (Å²) in [5.74, 6) is 2.92. The second-order valence-corrected chi connectivity index (χ2v) is 6.20. The fraction of sp³-hybridized carbons (Fsp3) is 0.368. The summed E-state index contributed by atoms with van der Waals surface area (Å²) in [5.41, 5.74) is 1.69. The summed E-state index contributed by atoms with van der Waals surface area (Å²) in [7, 11) is 1.63. The average molecular weight is 354 g/mol. The van der Waals surface area contributed by atoms with Crippen LogP contribution in [0.4, 0.5) is 0 Å². The molecular formula is C19H22N4O3. The number of oxazole rings is 1. The number of nitrogens with zero attached hydrogens (tertiary/aromatic N) is 4. The maximum Gasteiger partial charge on any atom is 0.228 e. The Morgan fingerprint density at radius 1 is 1.12 bits per heavy atom. The van der Waals surface area contributed by atoms with Gasteiger partial charge in [0.1, 0.15) is 11.6 Å². The minimum atomic E-state index is 0.220. The number of hydrogen-bond donors (Lipinski definition) is 0. The van der Waals surface area contributed by atoms with Gasteiger partial charge in [0.2, 0.25) is 5.88 Å². The van der Waals surface area contributed by atoms with Gasteiger partial charge < -0.3 is 13.9 Å². The highest BCUT2D eigenvalue weighted by Gasteiger charge is 2.19. The molecule has 7 heteroatoms. The first-order chi connectivity index (χ1) is 12.6. The van der Waals surface area contributed by atoms with Crippen molar-refractivity contribution < 1.29 is 13.9 Å². The van der Waals surface area contributed by atoms with E-state index in [-0.39, 0.29) is 11.8 Å². The maximum absolute atomic E-state index is 6.00. The lowest BCUT2D eigenvalue weighted by atomic mass is 9.93. The van der Waals surface area contributed by atoms with Crippen LogP contribution in [0.3, 0.4) is 0 Å². The summed E-state index contributed by atoms with van der Waals surface area (Å²) >= 11 is 0. The molecule has 0 amide bonds. The lowest BCUT2D eigenvalue weighted by molar-refractivity contribution is 0.232. The minimum Gasteiger partial charge on any atom is -0.495 e. The number of ether oxygens (including phenoxy) is 2. The number of aryl methyl sites for hydroxylation is 1. The van der Waals surface area contributed by atoms with Crippen LogP contribution < -0.4 is 9.47 Å². The highest BCUT2D eigenvalue weighted by Crippen LogP contribution is 2.29. The Morgan fingerprint density at radius 3 is 2.62 bits per heavy atom. The first-order valence-electron chi connectivity index (χ1n) is 8.43. The Labute approximate surface area is 152 Å². The number of hydrogen-bond acceptors (Lipinski definition) is 7. The lowest BCUT2D eigenvalue weighted by Gasteiger charge is -2.20. The van der Waals surface area contributed by atoms with Crippen molar-refractivity contribution in [1.29, 1.82) is 0 Å². The number of aromatic nitrogens is 4. The van der Waals surface area contributed by atoms with Crippen molar-refractivity contribution in [2.24, 2.45) is 5.92 Å². The van der Waals surface area contributed by atoms with Crippen LogP contribution in [0, 0.1) is 12.8 Å². The summed E-state index contributed by atoms with van der Waals surface area (Å²) in [6.07, 6.45) is 6.42. The molecule has 0 bridgehead atoms. The normalized spacial score (nSPS) is 13.2. The van der Waals surface area contributed by atoms with E-state index in [0.717, 1.165) is 11.4 Å². The van der Waals surface area contributed by atoms with Gasteiger partial charge in [-0.3, -0.25) is 4.98 Å². The second-order valence-electron chi connectivity index (χ2n) is 6.20. The van der Waals surface area contributed by atoms with E-state index in [0.29, 0.717) is 29.6 Å². The van der Waals surface area contributed by atoms with Gasteiger partial charge in [0.25, 0.3) is 0 Å². The van der Waals surface area contributed by atoms with Crippen molar-refractivity contribution >= 4 is 0 Å². The smallest absolute Gasteiger partial charge is 0.228 e. The van der Waals surface area contributed by atoms with Gasteiger partial charge in [-0.25, -0.2) is 9.97 Å². The number of methoxy groups -OCH3 is 1. The molecule has 0 aromatic carbocycles. The Kier molecular flexibility index (Phi) is 5.46. The van der Waals surface area contributed by atoms with E-state index >= 15 is 0 Å². The zero-order valence-corrected chi connectivity index (χ0v) is 15.3.